The summed E-state index contributed by atoms with van der Waals surface area (Å²) in [5, 5.41) is 4.57. The number of methoxy groups -OCH3 is 1. The largest absolute Gasteiger partial charge is 0.497 e. The molecule has 1 atom stereocenters. The van der Waals surface area contributed by atoms with Crippen molar-refractivity contribution in [2.24, 2.45) is 5.73 Å². The Morgan fingerprint density at radius 1 is 1.10 bits per heavy atom. The van der Waals surface area contributed by atoms with E-state index in [1.807, 2.05) is 6.07 Å². The van der Waals surface area contributed by atoms with E-state index in [1.165, 1.54) is 21.2 Å². The van der Waals surface area contributed by atoms with E-state index in [1.54, 1.807) is 18.4 Å². The van der Waals surface area contributed by atoms with Gasteiger partial charge in [0.05, 0.1) is 7.11 Å². The first kappa shape index (κ1) is 14.1. The minimum Gasteiger partial charge on any atom is -0.497 e. The fourth-order valence-corrected chi connectivity index (χ4v) is 3.46. The van der Waals surface area contributed by atoms with E-state index in [0.29, 0.717) is 0 Å². The smallest absolute Gasteiger partial charge is 0.119 e. The van der Waals surface area contributed by atoms with E-state index in [4.69, 9.17) is 10.5 Å². The van der Waals surface area contributed by atoms with Crippen LogP contribution >= 0.6 is 11.3 Å². The van der Waals surface area contributed by atoms with Gasteiger partial charge in [0.1, 0.15) is 5.75 Å². The highest BCUT2D eigenvalue weighted by molar-refractivity contribution is 7.09. The number of rotatable bonds is 5. The van der Waals surface area contributed by atoms with E-state index < -0.39 is 0 Å². The van der Waals surface area contributed by atoms with Crippen LogP contribution in [0.5, 0.6) is 5.75 Å². The Balaban J connectivity index is 1.85. The van der Waals surface area contributed by atoms with Crippen LogP contribution in [-0.2, 0) is 12.8 Å². The molecule has 0 saturated carbocycles. The fourth-order valence-electron chi connectivity index (χ4n) is 2.66. The van der Waals surface area contributed by atoms with Crippen molar-refractivity contribution >= 4 is 22.1 Å². The van der Waals surface area contributed by atoms with E-state index in [0.717, 1.165) is 18.6 Å². The van der Waals surface area contributed by atoms with Gasteiger partial charge in [-0.05, 0) is 52.8 Å². The second-order valence-corrected chi connectivity index (χ2v) is 6.28. The lowest BCUT2D eigenvalue weighted by Gasteiger charge is -2.13. The predicted molar refractivity (Wildman–Crippen MR) is 90.2 cm³/mol. The van der Waals surface area contributed by atoms with Crippen molar-refractivity contribution < 1.29 is 4.74 Å². The molecule has 0 amide bonds. The second kappa shape index (κ2) is 6.29. The molecule has 0 saturated heterocycles. The monoisotopic (exact) mass is 297 g/mol. The highest BCUT2D eigenvalue weighted by Gasteiger charge is 2.09. The normalized spacial score (nSPS) is 12.5. The van der Waals surface area contributed by atoms with Gasteiger partial charge in [0.15, 0.2) is 0 Å². The molecule has 3 aromatic rings. The number of benzene rings is 2. The van der Waals surface area contributed by atoms with Crippen LogP contribution in [0.1, 0.15) is 10.4 Å². The topological polar surface area (TPSA) is 35.2 Å². The standard InChI is InChI=1S/C18H19NOS/c1-20-16-8-7-13-4-2-5-14(18(13)12-16)10-15(19)11-17-6-3-9-21-17/h2-9,12,15H,10-11,19H2,1H3. The number of hydrogen-bond acceptors (Lipinski definition) is 3. The van der Waals surface area contributed by atoms with Crippen LogP contribution in [0.25, 0.3) is 10.8 Å². The predicted octanol–water partition coefficient (Wildman–Crippen LogP) is 4.02. The first-order valence-corrected chi connectivity index (χ1v) is 7.98. The lowest BCUT2D eigenvalue weighted by Crippen LogP contribution is -2.25. The van der Waals surface area contributed by atoms with Crippen LogP contribution in [0.4, 0.5) is 0 Å². The van der Waals surface area contributed by atoms with Crippen molar-refractivity contribution in [3.63, 3.8) is 0 Å². The Kier molecular flexibility index (Phi) is 4.23. The molecule has 3 rings (SSSR count). The number of hydrogen-bond donors (Lipinski definition) is 1. The van der Waals surface area contributed by atoms with Gasteiger partial charge in [-0.25, -0.2) is 0 Å². The SMILES string of the molecule is COc1ccc2cccc(CC(N)Cc3cccs3)c2c1. The lowest BCUT2D eigenvalue weighted by atomic mass is 9.97. The first-order valence-electron chi connectivity index (χ1n) is 7.10. The van der Waals surface area contributed by atoms with Gasteiger partial charge in [0, 0.05) is 10.9 Å². The van der Waals surface area contributed by atoms with Gasteiger partial charge >= 0.3 is 0 Å². The molecule has 0 fully saturated rings. The molecule has 0 aliphatic heterocycles. The summed E-state index contributed by atoms with van der Waals surface area (Å²) in [7, 11) is 1.70. The average Bonchev–Trinajstić information content (AvgIpc) is 3.00. The Morgan fingerprint density at radius 3 is 2.76 bits per heavy atom. The van der Waals surface area contributed by atoms with Gasteiger partial charge in [-0.2, -0.15) is 0 Å². The third-order valence-electron chi connectivity index (χ3n) is 3.71. The van der Waals surface area contributed by atoms with Gasteiger partial charge in [-0.3, -0.25) is 0 Å². The van der Waals surface area contributed by atoms with Crippen molar-refractivity contribution in [2.75, 3.05) is 7.11 Å². The summed E-state index contributed by atoms with van der Waals surface area (Å²) in [4.78, 5) is 1.35. The van der Waals surface area contributed by atoms with E-state index >= 15 is 0 Å². The van der Waals surface area contributed by atoms with E-state index in [9.17, 15) is 0 Å². The number of nitrogens with two attached hydrogens (primary N) is 1. The summed E-state index contributed by atoms with van der Waals surface area (Å²) in [6.45, 7) is 0. The van der Waals surface area contributed by atoms with Crippen molar-refractivity contribution in [3.05, 3.63) is 64.4 Å². The molecular formula is C18H19NOS. The number of ether oxygens (including phenoxy) is 1. The summed E-state index contributed by atoms with van der Waals surface area (Å²) < 4.78 is 5.34. The zero-order valence-corrected chi connectivity index (χ0v) is 12.9. The molecule has 0 radical (unpaired) electrons. The van der Waals surface area contributed by atoms with Crippen LogP contribution in [0.2, 0.25) is 0 Å². The third kappa shape index (κ3) is 3.26. The summed E-state index contributed by atoms with van der Waals surface area (Å²) in [5.41, 5.74) is 7.62. The van der Waals surface area contributed by atoms with Gasteiger partial charge in [0.25, 0.3) is 0 Å². The molecule has 0 bridgehead atoms. The van der Waals surface area contributed by atoms with Gasteiger partial charge in [-0.1, -0.05) is 30.3 Å². The Morgan fingerprint density at radius 2 is 2.00 bits per heavy atom. The molecule has 2 N–H and O–H groups in total. The van der Waals surface area contributed by atoms with Crippen molar-refractivity contribution in [1.29, 1.82) is 0 Å². The lowest BCUT2D eigenvalue weighted by molar-refractivity contribution is 0.415. The maximum absolute atomic E-state index is 6.33. The molecule has 1 unspecified atom stereocenters. The molecule has 2 aromatic carbocycles. The molecule has 21 heavy (non-hydrogen) atoms. The maximum Gasteiger partial charge on any atom is 0.119 e. The summed E-state index contributed by atoms with van der Waals surface area (Å²) in [5.74, 6) is 0.891. The Hall–Kier alpha value is -1.84. The minimum absolute atomic E-state index is 0.139. The molecule has 0 aliphatic carbocycles. The molecule has 1 aromatic heterocycles. The number of fused-ring (bicyclic) bond motifs is 1. The minimum atomic E-state index is 0.139. The average molecular weight is 297 g/mol. The van der Waals surface area contributed by atoms with Crippen LogP contribution in [0.3, 0.4) is 0 Å². The maximum atomic E-state index is 6.33. The Labute approximate surface area is 129 Å². The first-order chi connectivity index (χ1) is 10.3. The molecular weight excluding hydrogens is 278 g/mol. The Bertz CT molecular complexity index is 721. The van der Waals surface area contributed by atoms with Gasteiger partial charge in [-0.15, -0.1) is 11.3 Å². The van der Waals surface area contributed by atoms with Crippen molar-refractivity contribution in [3.8, 4) is 5.75 Å². The van der Waals surface area contributed by atoms with Crippen LogP contribution < -0.4 is 10.5 Å². The van der Waals surface area contributed by atoms with Gasteiger partial charge in [0.2, 0.25) is 0 Å². The van der Waals surface area contributed by atoms with Crippen molar-refractivity contribution in [2.45, 2.75) is 18.9 Å². The molecule has 0 spiro atoms. The van der Waals surface area contributed by atoms with Crippen molar-refractivity contribution in [1.82, 2.24) is 0 Å². The molecule has 1 heterocycles. The summed E-state index contributed by atoms with van der Waals surface area (Å²) in [6, 6.07) is 17.0. The van der Waals surface area contributed by atoms with Gasteiger partial charge < -0.3 is 10.5 Å². The summed E-state index contributed by atoms with van der Waals surface area (Å²) in [6.07, 6.45) is 1.81. The molecule has 2 nitrogen and oxygen atoms in total. The zero-order valence-electron chi connectivity index (χ0n) is 12.1. The molecule has 0 aliphatic rings. The molecule has 3 heteroatoms. The zero-order chi connectivity index (χ0) is 14.7. The van der Waals surface area contributed by atoms with E-state index in [-0.39, 0.29) is 6.04 Å². The van der Waals surface area contributed by atoms with Crippen LogP contribution in [0.15, 0.2) is 53.9 Å². The number of thiophene rings is 1. The van der Waals surface area contributed by atoms with E-state index in [2.05, 4.69) is 47.8 Å². The fraction of sp³-hybridized carbons (Fsp3) is 0.222. The highest BCUT2D eigenvalue weighted by atomic mass is 32.1. The third-order valence-corrected chi connectivity index (χ3v) is 4.60. The second-order valence-electron chi connectivity index (χ2n) is 5.25. The quantitative estimate of drug-likeness (QED) is 0.772. The summed E-state index contributed by atoms with van der Waals surface area (Å²) >= 11 is 1.77. The van der Waals surface area contributed by atoms with Crippen LogP contribution in [0, 0.1) is 0 Å². The molecule has 108 valence electrons. The van der Waals surface area contributed by atoms with Crippen LogP contribution in [-0.4, -0.2) is 13.2 Å². The highest BCUT2D eigenvalue weighted by Crippen LogP contribution is 2.25.